The summed E-state index contributed by atoms with van der Waals surface area (Å²) < 4.78 is 61.3. The van der Waals surface area contributed by atoms with Crippen LogP contribution in [0.15, 0.2) is 4.99 Å². The summed E-state index contributed by atoms with van der Waals surface area (Å²) in [6.07, 6.45) is 3.10. The number of hydrogen-bond donors (Lipinski definition) is 2. The van der Waals surface area contributed by atoms with Crippen LogP contribution in [-0.4, -0.2) is 81.4 Å². The Kier molecular flexibility index (Phi) is 7.75. The van der Waals surface area contributed by atoms with E-state index in [4.69, 9.17) is 0 Å². The highest BCUT2D eigenvalue weighted by atomic mass is 32.2. The quantitative estimate of drug-likeness (QED) is 0.506. The minimum Gasteiger partial charge on any atom is -0.357 e. The van der Waals surface area contributed by atoms with Gasteiger partial charge < -0.3 is 15.5 Å². The van der Waals surface area contributed by atoms with Gasteiger partial charge in [0.25, 0.3) is 0 Å². The minimum absolute atomic E-state index is 0.0780. The van der Waals surface area contributed by atoms with E-state index in [1.54, 1.807) is 0 Å². The number of guanidine groups is 1. The first kappa shape index (κ1) is 22.2. The van der Waals surface area contributed by atoms with E-state index in [1.807, 2.05) is 6.92 Å². The van der Waals surface area contributed by atoms with E-state index in [1.165, 1.54) is 6.42 Å². The van der Waals surface area contributed by atoms with Crippen LogP contribution in [0.5, 0.6) is 0 Å². The van der Waals surface area contributed by atoms with E-state index in [-0.39, 0.29) is 19.0 Å². The lowest BCUT2D eigenvalue weighted by Gasteiger charge is -2.31. The average Bonchev–Trinajstić information content (AvgIpc) is 3.02. The molecule has 2 rings (SSSR count). The third-order valence-electron chi connectivity index (χ3n) is 5.23. The maximum atomic E-state index is 12.6. The lowest BCUT2D eigenvalue weighted by Crippen LogP contribution is -2.46. The van der Waals surface area contributed by atoms with E-state index in [2.05, 4.69) is 27.6 Å². The third-order valence-corrected chi connectivity index (χ3v) is 6.86. The van der Waals surface area contributed by atoms with E-state index < -0.39 is 15.5 Å². The molecule has 0 saturated carbocycles. The summed E-state index contributed by atoms with van der Waals surface area (Å²) in [5.74, 6) is 0.775. The molecular formula is C16H30F3N5O2S. The van der Waals surface area contributed by atoms with Crippen molar-refractivity contribution >= 4 is 16.0 Å². The summed E-state index contributed by atoms with van der Waals surface area (Å²) in [6.45, 7) is 4.82. The van der Waals surface area contributed by atoms with Crippen molar-refractivity contribution in [1.82, 2.24) is 19.8 Å². The molecule has 1 atom stereocenters. The molecule has 11 heteroatoms. The Morgan fingerprint density at radius 1 is 1.15 bits per heavy atom. The zero-order chi connectivity index (χ0) is 20.1. The molecule has 0 amide bonds. The van der Waals surface area contributed by atoms with Crippen LogP contribution in [0, 0.1) is 5.92 Å². The first-order valence-electron chi connectivity index (χ1n) is 9.44. The van der Waals surface area contributed by atoms with Crippen LogP contribution < -0.4 is 10.6 Å². The molecule has 0 spiro atoms. The lowest BCUT2D eigenvalue weighted by atomic mass is 9.98. The molecule has 7 nitrogen and oxygen atoms in total. The second kappa shape index (κ2) is 9.42. The molecule has 2 heterocycles. The van der Waals surface area contributed by atoms with Gasteiger partial charge >= 0.3 is 15.5 Å². The van der Waals surface area contributed by atoms with Crippen LogP contribution in [0.3, 0.4) is 0 Å². The monoisotopic (exact) mass is 413 g/mol. The Morgan fingerprint density at radius 3 is 2.33 bits per heavy atom. The number of alkyl halides is 3. The van der Waals surface area contributed by atoms with Gasteiger partial charge in [-0.1, -0.05) is 0 Å². The van der Waals surface area contributed by atoms with Gasteiger partial charge in [0.15, 0.2) is 5.96 Å². The summed E-state index contributed by atoms with van der Waals surface area (Å²) in [6, 6.07) is 0.477. The number of sulfonamides is 1. The molecule has 2 saturated heterocycles. The SMILES string of the molecule is CCNC(=NCC1CCN(S(=O)(=O)C(F)(F)F)CC1)NCC1CCCN1C. The zero-order valence-electron chi connectivity index (χ0n) is 15.9. The Balaban J connectivity index is 1.83. The maximum absolute atomic E-state index is 12.6. The van der Waals surface area contributed by atoms with Crippen molar-refractivity contribution in [1.29, 1.82) is 0 Å². The summed E-state index contributed by atoms with van der Waals surface area (Å²) in [5, 5.41) is 6.51. The Labute approximate surface area is 159 Å². The topological polar surface area (TPSA) is 77.0 Å². The Hall–Kier alpha value is -1.07. The molecule has 2 aliphatic heterocycles. The first-order valence-corrected chi connectivity index (χ1v) is 10.9. The van der Waals surface area contributed by atoms with Crippen LogP contribution in [0.25, 0.3) is 0 Å². The molecule has 0 aromatic carbocycles. The van der Waals surface area contributed by atoms with Gasteiger partial charge in [0.2, 0.25) is 0 Å². The van der Waals surface area contributed by atoms with Gasteiger partial charge in [-0.25, -0.2) is 8.42 Å². The van der Waals surface area contributed by atoms with E-state index in [0.29, 0.717) is 42.2 Å². The van der Waals surface area contributed by atoms with Gasteiger partial charge in [-0.05, 0) is 52.1 Å². The van der Waals surface area contributed by atoms with Crippen LogP contribution >= 0.6 is 0 Å². The van der Waals surface area contributed by atoms with Gasteiger partial charge in [-0.2, -0.15) is 17.5 Å². The van der Waals surface area contributed by atoms with E-state index >= 15 is 0 Å². The van der Waals surface area contributed by atoms with Crippen molar-refractivity contribution in [2.24, 2.45) is 10.9 Å². The first-order chi connectivity index (χ1) is 12.6. The van der Waals surface area contributed by atoms with Crippen LogP contribution in [0.2, 0.25) is 0 Å². The minimum atomic E-state index is -5.23. The number of likely N-dealkylation sites (N-methyl/N-ethyl adjacent to an activating group) is 1. The number of likely N-dealkylation sites (tertiary alicyclic amines) is 1. The molecule has 2 N–H and O–H groups in total. The van der Waals surface area contributed by atoms with Crippen molar-refractivity contribution in [3.8, 4) is 0 Å². The van der Waals surface area contributed by atoms with Crippen molar-refractivity contribution in [2.45, 2.75) is 44.2 Å². The standard InChI is InChI=1S/C16H30F3N5O2S/c1-3-20-15(22-12-14-5-4-8-23(14)2)21-11-13-6-9-24(10-7-13)27(25,26)16(17,18)19/h13-14H,3-12H2,1-2H3,(H2,20,21,22). The average molecular weight is 414 g/mol. The Morgan fingerprint density at radius 2 is 1.81 bits per heavy atom. The molecule has 2 fully saturated rings. The van der Waals surface area contributed by atoms with Crippen molar-refractivity contribution < 1.29 is 21.6 Å². The predicted octanol–water partition coefficient (Wildman–Crippen LogP) is 1.20. The summed E-state index contributed by atoms with van der Waals surface area (Å²) in [7, 11) is -3.11. The van der Waals surface area contributed by atoms with Crippen LogP contribution in [0.1, 0.15) is 32.6 Å². The number of piperidine rings is 1. The highest BCUT2D eigenvalue weighted by molar-refractivity contribution is 7.90. The second-order valence-corrected chi connectivity index (χ2v) is 9.10. The van der Waals surface area contributed by atoms with Gasteiger partial charge in [0, 0.05) is 38.8 Å². The fraction of sp³-hybridized carbons (Fsp3) is 0.938. The maximum Gasteiger partial charge on any atom is 0.511 e. The molecule has 158 valence electrons. The van der Waals surface area contributed by atoms with Gasteiger partial charge in [-0.15, -0.1) is 0 Å². The number of rotatable bonds is 6. The zero-order valence-corrected chi connectivity index (χ0v) is 16.7. The highest BCUT2D eigenvalue weighted by Gasteiger charge is 2.50. The molecular weight excluding hydrogens is 383 g/mol. The molecule has 2 aliphatic rings. The predicted molar refractivity (Wildman–Crippen MR) is 98.9 cm³/mol. The normalized spacial score (nSPS) is 24.3. The number of nitrogens with one attached hydrogen (secondary N) is 2. The highest BCUT2D eigenvalue weighted by Crippen LogP contribution is 2.30. The fourth-order valence-corrected chi connectivity index (χ4v) is 4.48. The van der Waals surface area contributed by atoms with Gasteiger partial charge in [-0.3, -0.25) is 4.99 Å². The third kappa shape index (κ3) is 5.95. The molecule has 0 aromatic heterocycles. The number of halogens is 3. The van der Waals surface area contributed by atoms with Crippen LogP contribution in [-0.2, 0) is 10.0 Å². The van der Waals surface area contributed by atoms with Crippen molar-refractivity contribution in [2.75, 3.05) is 46.3 Å². The molecule has 0 aliphatic carbocycles. The van der Waals surface area contributed by atoms with Gasteiger partial charge in [0.05, 0.1) is 0 Å². The lowest BCUT2D eigenvalue weighted by molar-refractivity contribution is -0.0496. The van der Waals surface area contributed by atoms with Gasteiger partial charge in [0.1, 0.15) is 0 Å². The van der Waals surface area contributed by atoms with Crippen molar-refractivity contribution in [3.63, 3.8) is 0 Å². The number of nitrogens with zero attached hydrogens (tertiary/aromatic N) is 3. The number of hydrogen-bond acceptors (Lipinski definition) is 4. The molecule has 27 heavy (non-hydrogen) atoms. The van der Waals surface area contributed by atoms with Crippen molar-refractivity contribution in [3.05, 3.63) is 0 Å². The second-order valence-electron chi connectivity index (χ2n) is 7.17. The van der Waals surface area contributed by atoms with E-state index in [0.717, 1.165) is 19.5 Å². The number of aliphatic imine (C=N–C) groups is 1. The Bertz CT molecular complexity index is 604. The van der Waals surface area contributed by atoms with E-state index in [9.17, 15) is 21.6 Å². The largest absolute Gasteiger partial charge is 0.511 e. The summed E-state index contributed by atoms with van der Waals surface area (Å²) in [4.78, 5) is 6.86. The fourth-order valence-electron chi connectivity index (χ4n) is 3.49. The molecule has 0 aromatic rings. The molecule has 1 unspecified atom stereocenters. The summed E-state index contributed by atoms with van der Waals surface area (Å²) in [5.41, 5.74) is -5.23. The smallest absolute Gasteiger partial charge is 0.357 e. The molecule has 0 radical (unpaired) electrons. The van der Waals surface area contributed by atoms with Crippen LogP contribution in [0.4, 0.5) is 13.2 Å². The summed E-state index contributed by atoms with van der Waals surface area (Å²) >= 11 is 0. The molecule has 0 bridgehead atoms.